The van der Waals surface area contributed by atoms with Crippen LogP contribution in [0, 0.1) is 5.92 Å². The lowest BCUT2D eigenvalue weighted by molar-refractivity contribution is -0.137. The second kappa shape index (κ2) is 15.6. The molecule has 1 aromatic carbocycles. The number of nitrogens with zero attached hydrogens (tertiary/aromatic N) is 5. The first-order valence-corrected chi connectivity index (χ1v) is 16.0. The molecular formula is C32H39Cl2N7O4. The van der Waals surface area contributed by atoms with Gasteiger partial charge in [0.2, 0.25) is 5.88 Å². The zero-order chi connectivity index (χ0) is 31.8. The maximum absolute atomic E-state index is 11.6. The van der Waals surface area contributed by atoms with E-state index in [1.165, 1.54) is 0 Å². The van der Waals surface area contributed by atoms with Gasteiger partial charge < -0.3 is 25.4 Å². The smallest absolute Gasteiger partial charge is 0.314 e. The third kappa shape index (κ3) is 9.67. The summed E-state index contributed by atoms with van der Waals surface area (Å²) in [7, 11) is 1.62. The number of piperidine rings is 1. The number of halogens is 2. The van der Waals surface area contributed by atoms with Crippen molar-refractivity contribution in [3.63, 3.8) is 0 Å². The van der Waals surface area contributed by atoms with Crippen molar-refractivity contribution in [2.75, 3.05) is 64.3 Å². The van der Waals surface area contributed by atoms with Gasteiger partial charge in [0.1, 0.15) is 11.6 Å². The molecule has 2 fully saturated rings. The molecule has 5 rings (SSSR count). The summed E-state index contributed by atoms with van der Waals surface area (Å²) in [5, 5.41) is 15.5. The van der Waals surface area contributed by atoms with Crippen molar-refractivity contribution in [1.82, 2.24) is 30.4 Å². The molecule has 2 saturated heterocycles. The van der Waals surface area contributed by atoms with Crippen molar-refractivity contribution < 1.29 is 19.4 Å². The number of carboxylic acids is 1. The molecule has 2 aromatic heterocycles. The first-order valence-electron chi connectivity index (χ1n) is 15.2. The summed E-state index contributed by atoms with van der Waals surface area (Å²) in [6, 6.07) is 13.1. The first kappa shape index (κ1) is 32.7. The van der Waals surface area contributed by atoms with Crippen LogP contribution < -0.4 is 20.3 Å². The topological polar surface area (TPSA) is 123 Å². The van der Waals surface area contributed by atoms with Crippen LogP contribution in [-0.4, -0.2) is 96.3 Å². The van der Waals surface area contributed by atoms with Gasteiger partial charge in [-0.05, 0) is 73.8 Å². The number of ether oxygens (including phenoxy) is 1. The molecule has 3 N–H and O–H groups in total. The standard InChI is InChI=1S/C32H39Cl2N7O4/c1-35-32(44)37-19-22-4-7-40(8-5-22)21-23-14-28(24-16-25(33)18-26(34)17-24)38-30(15-23)45-27-2-3-29(36-20-27)41-12-10-39(11-13-41)9-6-31(42)43/h2-3,14-18,20,22H,4-13,19,21H2,1H3,(H,42,43)(H2,35,37,44). The molecule has 0 unspecified atom stereocenters. The van der Waals surface area contributed by atoms with E-state index in [-0.39, 0.29) is 12.5 Å². The SMILES string of the molecule is CNC(=O)NCC1CCN(Cc2cc(Oc3ccc(N4CCN(CCC(=O)O)CC4)nc3)nc(-c3cc(Cl)cc(Cl)c3)c2)CC1. The van der Waals surface area contributed by atoms with Crippen molar-refractivity contribution in [3.8, 4) is 22.9 Å². The number of aliphatic carboxylic acids is 1. The molecule has 240 valence electrons. The van der Waals surface area contributed by atoms with Crippen molar-refractivity contribution in [2.24, 2.45) is 5.92 Å². The fourth-order valence-corrected chi connectivity index (χ4v) is 6.21. The molecule has 3 aromatic rings. The van der Waals surface area contributed by atoms with Gasteiger partial charge in [0.15, 0.2) is 0 Å². The lowest BCUT2D eigenvalue weighted by Gasteiger charge is -2.35. The Labute approximate surface area is 273 Å². The Morgan fingerprint density at radius 1 is 0.978 bits per heavy atom. The molecule has 11 nitrogen and oxygen atoms in total. The number of hydrogen-bond donors (Lipinski definition) is 3. The van der Waals surface area contributed by atoms with E-state index in [0.717, 1.165) is 75.6 Å². The van der Waals surface area contributed by atoms with Crippen LogP contribution in [-0.2, 0) is 11.3 Å². The molecule has 0 atom stereocenters. The molecule has 13 heteroatoms. The number of rotatable bonds is 11. The molecule has 45 heavy (non-hydrogen) atoms. The number of urea groups is 1. The zero-order valence-electron chi connectivity index (χ0n) is 25.3. The molecule has 2 aliphatic heterocycles. The van der Waals surface area contributed by atoms with E-state index in [2.05, 4.69) is 30.3 Å². The minimum Gasteiger partial charge on any atom is -0.481 e. The highest BCUT2D eigenvalue weighted by Gasteiger charge is 2.21. The van der Waals surface area contributed by atoms with Crippen molar-refractivity contribution in [1.29, 1.82) is 0 Å². The fourth-order valence-electron chi connectivity index (χ4n) is 5.68. The maximum Gasteiger partial charge on any atom is 0.314 e. The average Bonchev–Trinajstić information content (AvgIpc) is 3.03. The first-order chi connectivity index (χ1) is 21.7. The lowest BCUT2D eigenvalue weighted by Crippen LogP contribution is -2.47. The van der Waals surface area contributed by atoms with E-state index in [9.17, 15) is 9.59 Å². The fraction of sp³-hybridized carbons (Fsp3) is 0.438. The van der Waals surface area contributed by atoms with E-state index >= 15 is 0 Å². The Balaban J connectivity index is 1.26. The number of amides is 2. The van der Waals surface area contributed by atoms with Gasteiger partial charge in [-0.25, -0.2) is 14.8 Å². The second-order valence-electron chi connectivity index (χ2n) is 11.5. The Morgan fingerprint density at radius 2 is 1.71 bits per heavy atom. The number of aromatic nitrogens is 2. The number of piperazine rings is 1. The van der Waals surface area contributed by atoms with Crippen LogP contribution in [0.2, 0.25) is 10.0 Å². The van der Waals surface area contributed by atoms with Gasteiger partial charge in [0.25, 0.3) is 0 Å². The van der Waals surface area contributed by atoms with Crippen LogP contribution in [0.4, 0.5) is 10.6 Å². The Bertz CT molecular complexity index is 1440. The molecule has 0 saturated carbocycles. The van der Waals surface area contributed by atoms with Crippen LogP contribution in [0.5, 0.6) is 11.6 Å². The number of nitrogens with one attached hydrogen (secondary N) is 2. The summed E-state index contributed by atoms with van der Waals surface area (Å²) in [6.45, 7) is 6.98. The Hall–Kier alpha value is -3.64. The molecule has 2 aliphatic rings. The molecule has 2 amide bonds. The highest BCUT2D eigenvalue weighted by atomic mass is 35.5. The van der Waals surface area contributed by atoms with E-state index in [4.69, 9.17) is 38.0 Å². The van der Waals surface area contributed by atoms with Gasteiger partial charge in [-0.2, -0.15) is 0 Å². The molecular weight excluding hydrogens is 617 g/mol. The van der Waals surface area contributed by atoms with E-state index < -0.39 is 5.97 Å². The third-order valence-electron chi connectivity index (χ3n) is 8.19. The minimum atomic E-state index is -0.772. The number of hydrogen-bond acceptors (Lipinski definition) is 8. The van der Waals surface area contributed by atoms with E-state index in [1.807, 2.05) is 36.4 Å². The summed E-state index contributed by atoms with van der Waals surface area (Å²) < 4.78 is 6.24. The normalized spacial score (nSPS) is 16.4. The quantitative estimate of drug-likeness (QED) is 0.262. The van der Waals surface area contributed by atoms with Gasteiger partial charge in [-0.1, -0.05) is 23.2 Å². The predicted molar refractivity (Wildman–Crippen MR) is 175 cm³/mol. The Morgan fingerprint density at radius 3 is 2.36 bits per heavy atom. The molecule has 0 bridgehead atoms. The number of likely N-dealkylation sites (tertiary alicyclic amines) is 1. The van der Waals surface area contributed by atoms with Crippen LogP contribution in [0.15, 0.2) is 48.7 Å². The average molecular weight is 657 g/mol. The highest BCUT2D eigenvalue weighted by Crippen LogP contribution is 2.31. The monoisotopic (exact) mass is 655 g/mol. The predicted octanol–water partition coefficient (Wildman–Crippen LogP) is 4.98. The molecule has 4 heterocycles. The largest absolute Gasteiger partial charge is 0.481 e. The maximum atomic E-state index is 11.6. The number of anilines is 1. The summed E-state index contributed by atoms with van der Waals surface area (Å²) in [5.41, 5.74) is 2.56. The van der Waals surface area contributed by atoms with Gasteiger partial charge in [0, 0.05) is 74.5 Å². The van der Waals surface area contributed by atoms with Crippen LogP contribution in [0.3, 0.4) is 0 Å². The van der Waals surface area contributed by atoms with Crippen molar-refractivity contribution >= 4 is 41.0 Å². The number of pyridine rings is 2. The number of carbonyl (C=O) groups excluding carboxylic acids is 1. The van der Waals surface area contributed by atoms with E-state index in [0.29, 0.717) is 46.4 Å². The van der Waals surface area contributed by atoms with E-state index in [1.54, 1.807) is 19.3 Å². The number of benzene rings is 1. The summed E-state index contributed by atoms with van der Waals surface area (Å²) in [6.07, 6.45) is 3.87. The Kier molecular flexibility index (Phi) is 11.3. The van der Waals surface area contributed by atoms with Crippen LogP contribution >= 0.6 is 23.2 Å². The number of carboxylic acid groups (broad SMARTS) is 1. The summed E-state index contributed by atoms with van der Waals surface area (Å²) in [5.74, 6) is 1.56. The van der Waals surface area contributed by atoms with Crippen LogP contribution in [0.25, 0.3) is 11.3 Å². The molecule has 0 radical (unpaired) electrons. The summed E-state index contributed by atoms with van der Waals surface area (Å²) >= 11 is 12.7. The van der Waals surface area contributed by atoms with Gasteiger partial charge in [0.05, 0.1) is 18.3 Å². The van der Waals surface area contributed by atoms with Crippen molar-refractivity contribution in [3.05, 3.63) is 64.3 Å². The van der Waals surface area contributed by atoms with Crippen molar-refractivity contribution in [2.45, 2.75) is 25.8 Å². The second-order valence-corrected chi connectivity index (χ2v) is 12.3. The zero-order valence-corrected chi connectivity index (χ0v) is 26.9. The molecule has 0 spiro atoms. The minimum absolute atomic E-state index is 0.145. The highest BCUT2D eigenvalue weighted by molar-refractivity contribution is 6.35. The van der Waals surface area contributed by atoms with Crippen LogP contribution in [0.1, 0.15) is 24.8 Å². The summed E-state index contributed by atoms with van der Waals surface area (Å²) in [4.78, 5) is 38.6. The molecule has 0 aliphatic carbocycles. The third-order valence-corrected chi connectivity index (χ3v) is 8.63. The van der Waals surface area contributed by atoms with Gasteiger partial charge >= 0.3 is 12.0 Å². The number of carbonyl (C=O) groups is 2. The lowest BCUT2D eigenvalue weighted by atomic mass is 9.96. The van der Waals surface area contributed by atoms with Gasteiger partial charge in [-0.15, -0.1) is 0 Å². The van der Waals surface area contributed by atoms with Gasteiger partial charge in [-0.3, -0.25) is 14.6 Å².